The monoisotopic (exact) mass is 259 g/mol. The molecule has 2 rings (SSSR count). The van der Waals surface area contributed by atoms with E-state index in [1.165, 1.54) is 5.69 Å². The van der Waals surface area contributed by atoms with Crippen molar-refractivity contribution in [2.24, 2.45) is 5.92 Å². The summed E-state index contributed by atoms with van der Waals surface area (Å²) in [5, 5.41) is 0.775. The van der Waals surface area contributed by atoms with Crippen molar-refractivity contribution in [1.82, 2.24) is 0 Å². The second kappa shape index (κ2) is 3.50. The SMILES string of the molecule is CC1CN(c2ccc(Cl)c(Br)c2)C1. The molecule has 0 atom stereocenters. The third kappa shape index (κ3) is 1.84. The third-order valence-electron chi connectivity index (χ3n) is 2.33. The van der Waals surface area contributed by atoms with Crippen LogP contribution < -0.4 is 4.90 Å². The first-order valence-electron chi connectivity index (χ1n) is 4.37. The van der Waals surface area contributed by atoms with Gasteiger partial charge in [0, 0.05) is 23.2 Å². The molecule has 0 aliphatic carbocycles. The first kappa shape index (κ1) is 9.35. The van der Waals surface area contributed by atoms with Crippen LogP contribution in [-0.2, 0) is 0 Å². The highest BCUT2D eigenvalue weighted by Gasteiger charge is 2.22. The molecular weight excluding hydrogens is 249 g/mol. The van der Waals surface area contributed by atoms with Gasteiger partial charge in [0.2, 0.25) is 0 Å². The van der Waals surface area contributed by atoms with E-state index in [4.69, 9.17) is 11.6 Å². The first-order valence-corrected chi connectivity index (χ1v) is 5.54. The minimum Gasteiger partial charge on any atom is -0.371 e. The smallest absolute Gasteiger partial charge is 0.0549 e. The Morgan fingerprint density at radius 1 is 1.46 bits per heavy atom. The summed E-state index contributed by atoms with van der Waals surface area (Å²) >= 11 is 9.33. The fourth-order valence-electron chi connectivity index (χ4n) is 1.59. The van der Waals surface area contributed by atoms with Gasteiger partial charge in [0.05, 0.1) is 5.02 Å². The van der Waals surface area contributed by atoms with Crippen LogP contribution in [0.25, 0.3) is 0 Å². The minimum absolute atomic E-state index is 0.775. The molecule has 1 aromatic rings. The van der Waals surface area contributed by atoms with E-state index in [-0.39, 0.29) is 0 Å². The van der Waals surface area contributed by atoms with Gasteiger partial charge in [-0.25, -0.2) is 0 Å². The molecule has 1 aromatic carbocycles. The van der Waals surface area contributed by atoms with E-state index in [1.54, 1.807) is 0 Å². The molecule has 3 heteroatoms. The third-order valence-corrected chi connectivity index (χ3v) is 3.55. The van der Waals surface area contributed by atoms with Crippen LogP contribution in [0.1, 0.15) is 6.92 Å². The summed E-state index contributed by atoms with van der Waals surface area (Å²) in [6, 6.07) is 6.08. The van der Waals surface area contributed by atoms with Crippen molar-refractivity contribution in [3.63, 3.8) is 0 Å². The maximum atomic E-state index is 5.91. The highest BCUT2D eigenvalue weighted by molar-refractivity contribution is 9.10. The lowest BCUT2D eigenvalue weighted by Gasteiger charge is -2.39. The Hall–Kier alpha value is -0.210. The Balaban J connectivity index is 2.18. The fraction of sp³-hybridized carbons (Fsp3) is 0.400. The zero-order valence-electron chi connectivity index (χ0n) is 7.43. The molecule has 0 spiro atoms. The van der Waals surface area contributed by atoms with Crippen LogP contribution in [0.3, 0.4) is 0 Å². The quantitative estimate of drug-likeness (QED) is 0.746. The molecule has 0 bridgehead atoms. The molecule has 1 nitrogen and oxygen atoms in total. The molecule has 1 aliphatic heterocycles. The second-order valence-corrected chi connectivity index (χ2v) is 4.87. The van der Waals surface area contributed by atoms with Crippen LogP contribution in [0.5, 0.6) is 0 Å². The summed E-state index contributed by atoms with van der Waals surface area (Å²) in [5.74, 6) is 0.828. The predicted molar refractivity (Wildman–Crippen MR) is 60.5 cm³/mol. The summed E-state index contributed by atoms with van der Waals surface area (Å²) in [5.41, 5.74) is 1.26. The molecule has 70 valence electrons. The molecule has 0 saturated carbocycles. The van der Waals surface area contributed by atoms with Crippen molar-refractivity contribution in [3.8, 4) is 0 Å². The molecule has 0 radical (unpaired) electrons. The minimum atomic E-state index is 0.775. The lowest BCUT2D eigenvalue weighted by Crippen LogP contribution is -2.45. The van der Waals surface area contributed by atoms with Crippen molar-refractivity contribution >= 4 is 33.2 Å². The molecule has 1 heterocycles. The number of anilines is 1. The molecule has 0 unspecified atom stereocenters. The summed E-state index contributed by atoms with van der Waals surface area (Å²) in [4.78, 5) is 2.35. The summed E-state index contributed by atoms with van der Waals surface area (Å²) in [7, 11) is 0. The van der Waals surface area contributed by atoms with Gasteiger partial charge in [-0.1, -0.05) is 18.5 Å². The summed E-state index contributed by atoms with van der Waals surface area (Å²) in [6.07, 6.45) is 0. The lowest BCUT2D eigenvalue weighted by atomic mass is 10.0. The Morgan fingerprint density at radius 2 is 2.15 bits per heavy atom. The van der Waals surface area contributed by atoms with Crippen molar-refractivity contribution in [1.29, 1.82) is 0 Å². The number of nitrogens with zero attached hydrogens (tertiary/aromatic N) is 1. The zero-order chi connectivity index (χ0) is 9.42. The van der Waals surface area contributed by atoms with E-state index in [1.807, 2.05) is 6.07 Å². The van der Waals surface area contributed by atoms with Gasteiger partial charge in [0.25, 0.3) is 0 Å². The van der Waals surface area contributed by atoms with E-state index in [9.17, 15) is 0 Å². The zero-order valence-corrected chi connectivity index (χ0v) is 9.77. The van der Waals surface area contributed by atoms with E-state index in [2.05, 4.69) is 39.9 Å². The molecule has 0 aromatic heterocycles. The van der Waals surface area contributed by atoms with E-state index in [0.717, 1.165) is 28.5 Å². The highest BCUT2D eigenvalue weighted by Crippen LogP contribution is 2.30. The number of hydrogen-bond donors (Lipinski definition) is 0. The number of rotatable bonds is 1. The fourth-order valence-corrected chi connectivity index (χ4v) is 2.08. The van der Waals surface area contributed by atoms with Gasteiger partial charge in [-0.2, -0.15) is 0 Å². The van der Waals surface area contributed by atoms with Gasteiger partial charge in [0.15, 0.2) is 0 Å². The lowest BCUT2D eigenvalue weighted by molar-refractivity contribution is 0.447. The van der Waals surface area contributed by atoms with Crippen LogP contribution >= 0.6 is 27.5 Å². The van der Waals surface area contributed by atoms with Gasteiger partial charge >= 0.3 is 0 Å². The molecule has 13 heavy (non-hydrogen) atoms. The number of hydrogen-bond acceptors (Lipinski definition) is 1. The molecule has 0 N–H and O–H groups in total. The standard InChI is InChI=1S/C10H11BrClN/c1-7-5-13(6-7)8-2-3-10(12)9(11)4-8/h2-4,7H,5-6H2,1H3. The van der Waals surface area contributed by atoms with Crippen molar-refractivity contribution in [2.45, 2.75) is 6.92 Å². The van der Waals surface area contributed by atoms with Gasteiger partial charge in [-0.05, 0) is 40.0 Å². The predicted octanol–water partition coefficient (Wildman–Crippen LogP) is 3.56. The van der Waals surface area contributed by atoms with Crippen molar-refractivity contribution in [3.05, 3.63) is 27.7 Å². The highest BCUT2D eigenvalue weighted by atomic mass is 79.9. The number of benzene rings is 1. The normalized spacial score (nSPS) is 17.3. The first-order chi connectivity index (χ1) is 6.16. The molecule has 1 saturated heterocycles. The topological polar surface area (TPSA) is 3.24 Å². The van der Waals surface area contributed by atoms with Crippen molar-refractivity contribution < 1.29 is 0 Å². The maximum absolute atomic E-state index is 5.91. The van der Waals surface area contributed by atoms with E-state index < -0.39 is 0 Å². The Bertz CT molecular complexity index is 321. The summed E-state index contributed by atoms with van der Waals surface area (Å²) < 4.78 is 0.978. The van der Waals surface area contributed by atoms with Crippen LogP contribution in [-0.4, -0.2) is 13.1 Å². The average Bonchev–Trinajstić information content (AvgIpc) is 2.05. The number of halogens is 2. The largest absolute Gasteiger partial charge is 0.371 e. The maximum Gasteiger partial charge on any atom is 0.0549 e. The molecular formula is C10H11BrClN. The van der Waals surface area contributed by atoms with Crippen LogP contribution in [0.2, 0.25) is 5.02 Å². The molecule has 1 fully saturated rings. The Kier molecular flexibility index (Phi) is 2.52. The van der Waals surface area contributed by atoms with Gasteiger partial charge in [-0.3, -0.25) is 0 Å². The second-order valence-electron chi connectivity index (χ2n) is 3.61. The molecule has 0 amide bonds. The van der Waals surface area contributed by atoms with Gasteiger partial charge in [-0.15, -0.1) is 0 Å². The van der Waals surface area contributed by atoms with Gasteiger partial charge in [0.1, 0.15) is 0 Å². The van der Waals surface area contributed by atoms with Gasteiger partial charge < -0.3 is 4.90 Å². The van der Waals surface area contributed by atoms with Crippen molar-refractivity contribution in [2.75, 3.05) is 18.0 Å². The summed E-state index contributed by atoms with van der Waals surface area (Å²) in [6.45, 7) is 4.59. The van der Waals surface area contributed by atoms with E-state index in [0.29, 0.717) is 0 Å². The van der Waals surface area contributed by atoms with Crippen LogP contribution in [0.15, 0.2) is 22.7 Å². The average molecular weight is 261 g/mol. The van der Waals surface area contributed by atoms with Crippen LogP contribution in [0.4, 0.5) is 5.69 Å². The van der Waals surface area contributed by atoms with E-state index >= 15 is 0 Å². The Labute approximate surface area is 91.8 Å². The Morgan fingerprint density at radius 3 is 2.69 bits per heavy atom. The van der Waals surface area contributed by atoms with Crippen LogP contribution in [0, 0.1) is 5.92 Å². The molecule has 1 aliphatic rings.